The van der Waals surface area contributed by atoms with Gasteiger partial charge < -0.3 is 14.2 Å². The fourth-order valence-electron chi connectivity index (χ4n) is 2.93. The summed E-state index contributed by atoms with van der Waals surface area (Å²) in [6.45, 7) is 3.92. The molecule has 0 unspecified atom stereocenters. The lowest BCUT2D eigenvalue weighted by Crippen LogP contribution is -2.21. The minimum absolute atomic E-state index is 0.0726. The average molecular weight is 352 g/mol. The Morgan fingerprint density at radius 2 is 1.85 bits per heavy atom. The summed E-state index contributed by atoms with van der Waals surface area (Å²) in [7, 11) is 3.27. The van der Waals surface area contributed by atoms with Crippen LogP contribution in [0.4, 0.5) is 0 Å². The van der Waals surface area contributed by atoms with E-state index in [2.05, 4.69) is 0 Å². The van der Waals surface area contributed by atoms with Gasteiger partial charge >= 0.3 is 0 Å². The van der Waals surface area contributed by atoms with E-state index >= 15 is 0 Å². The Morgan fingerprint density at radius 1 is 1.12 bits per heavy atom. The molecule has 0 spiro atoms. The predicted molar refractivity (Wildman–Crippen MR) is 102 cm³/mol. The van der Waals surface area contributed by atoms with Gasteiger partial charge in [0, 0.05) is 7.11 Å². The Kier molecular flexibility index (Phi) is 5.14. The number of hydrogen-bond donors (Lipinski definition) is 0. The van der Waals surface area contributed by atoms with E-state index in [0.717, 1.165) is 11.1 Å². The minimum Gasteiger partial charge on any atom is -0.496 e. The number of rotatable bonds is 5. The Balaban J connectivity index is 2.06. The first-order chi connectivity index (χ1) is 12.4. The number of fused-ring (bicyclic) bond motifs is 1. The van der Waals surface area contributed by atoms with Crippen LogP contribution >= 0.6 is 0 Å². The lowest BCUT2D eigenvalue weighted by molar-refractivity contribution is 0.0663. The van der Waals surface area contributed by atoms with Crippen molar-refractivity contribution in [3.63, 3.8) is 0 Å². The van der Waals surface area contributed by atoms with Gasteiger partial charge in [0.25, 0.3) is 0 Å². The van der Waals surface area contributed by atoms with Gasteiger partial charge in [0.2, 0.25) is 0 Å². The van der Waals surface area contributed by atoms with Crippen molar-refractivity contribution < 1.29 is 19.0 Å². The number of Topliss-reactive ketones (excluding diaryl/α,β-unsaturated/α-hetero) is 1. The fraction of sp³-hybridized carbons (Fsp3) is 0.318. The van der Waals surface area contributed by atoms with Crippen LogP contribution < -0.4 is 9.47 Å². The highest BCUT2D eigenvalue weighted by Gasteiger charge is 2.30. The molecule has 0 N–H and O–H groups in total. The predicted octanol–water partition coefficient (Wildman–Crippen LogP) is 4.84. The molecule has 0 bridgehead atoms. The maximum absolute atomic E-state index is 12.7. The lowest BCUT2D eigenvalue weighted by atomic mass is 9.93. The third-order valence-corrected chi connectivity index (χ3v) is 4.66. The molecule has 0 saturated carbocycles. The normalized spacial score (nSPS) is 17.1. The van der Waals surface area contributed by atoms with Gasteiger partial charge in [0.15, 0.2) is 5.78 Å². The Morgan fingerprint density at radius 3 is 2.50 bits per heavy atom. The van der Waals surface area contributed by atoms with E-state index in [-0.39, 0.29) is 11.9 Å². The fourth-order valence-corrected chi connectivity index (χ4v) is 2.93. The van der Waals surface area contributed by atoms with Crippen LogP contribution in [0, 0.1) is 0 Å². The summed E-state index contributed by atoms with van der Waals surface area (Å²) in [5, 5.41) is 0. The highest BCUT2D eigenvalue weighted by molar-refractivity contribution is 6.01. The molecule has 1 atom stereocenters. The molecule has 0 saturated heterocycles. The quantitative estimate of drug-likeness (QED) is 0.772. The van der Waals surface area contributed by atoms with Crippen LogP contribution in [-0.2, 0) is 4.74 Å². The van der Waals surface area contributed by atoms with E-state index in [1.165, 1.54) is 0 Å². The molecule has 0 amide bonds. The van der Waals surface area contributed by atoms with E-state index in [1.807, 2.05) is 62.4 Å². The molecule has 1 heterocycles. The third kappa shape index (κ3) is 3.65. The van der Waals surface area contributed by atoms with Crippen molar-refractivity contribution in [1.82, 2.24) is 0 Å². The molecule has 0 aliphatic carbocycles. The van der Waals surface area contributed by atoms with Crippen molar-refractivity contribution >= 4 is 11.9 Å². The second-order valence-corrected chi connectivity index (χ2v) is 6.84. The Bertz CT molecular complexity index is 822. The topological polar surface area (TPSA) is 44.8 Å². The number of benzene rings is 2. The van der Waals surface area contributed by atoms with Crippen molar-refractivity contribution in [2.45, 2.75) is 32.0 Å². The van der Waals surface area contributed by atoms with Gasteiger partial charge in [-0.3, -0.25) is 4.79 Å². The molecule has 0 aromatic heterocycles. The Labute approximate surface area is 154 Å². The zero-order valence-corrected chi connectivity index (χ0v) is 15.6. The van der Waals surface area contributed by atoms with Crippen LogP contribution in [0.1, 0.15) is 47.9 Å². The molecule has 1 aliphatic heterocycles. The maximum atomic E-state index is 12.7. The van der Waals surface area contributed by atoms with E-state index in [9.17, 15) is 4.79 Å². The van der Waals surface area contributed by atoms with Crippen molar-refractivity contribution in [3.8, 4) is 11.5 Å². The molecule has 136 valence electrons. The van der Waals surface area contributed by atoms with Gasteiger partial charge in [0.1, 0.15) is 17.6 Å². The number of hydrogen-bond acceptors (Lipinski definition) is 4. The van der Waals surface area contributed by atoms with Crippen molar-refractivity contribution in [3.05, 3.63) is 65.2 Å². The number of ketones is 1. The number of carbonyl (C=O) groups is 1. The number of carbonyl (C=O) groups excluding carboxylic acids is 1. The van der Waals surface area contributed by atoms with Crippen LogP contribution in [-0.4, -0.2) is 25.6 Å². The summed E-state index contributed by atoms with van der Waals surface area (Å²) in [6.07, 6.45) is 3.87. The number of ether oxygens (including phenoxy) is 3. The molecule has 0 radical (unpaired) electrons. The first-order valence-corrected chi connectivity index (χ1v) is 8.65. The average Bonchev–Trinajstić information content (AvgIpc) is 2.66. The van der Waals surface area contributed by atoms with Gasteiger partial charge in [-0.15, -0.1) is 0 Å². The smallest absolute Gasteiger partial charge is 0.170 e. The maximum Gasteiger partial charge on any atom is 0.170 e. The zero-order valence-electron chi connectivity index (χ0n) is 15.6. The summed E-state index contributed by atoms with van der Waals surface area (Å²) >= 11 is 0. The molecule has 4 heteroatoms. The first-order valence-electron chi connectivity index (χ1n) is 8.65. The summed E-state index contributed by atoms with van der Waals surface area (Å²) in [6, 6.07) is 13.4. The first kappa shape index (κ1) is 18.2. The van der Waals surface area contributed by atoms with E-state index in [1.54, 1.807) is 20.3 Å². The van der Waals surface area contributed by atoms with Gasteiger partial charge in [-0.25, -0.2) is 0 Å². The van der Waals surface area contributed by atoms with Crippen LogP contribution in [0.15, 0.2) is 48.5 Å². The summed E-state index contributed by atoms with van der Waals surface area (Å²) in [4.78, 5) is 12.7. The molecular formula is C22H24O4. The molecule has 4 nitrogen and oxygen atoms in total. The molecule has 1 aliphatic rings. The van der Waals surface area contributed by atoms with Crippen LogP contribution in [0.25, 0.3) is 6.08 Å². The summed E-state index contributed by atoms with van der Waals surface area (Å²) in [5.74, 6) is 1.30. The third-order valence-electron chi connectivity index (χ3n) is 4.66. The number of methoxy groups -OCH3 is 2. The summed E-state index contributed by atoms with van der Waals surface area (Å²) in [5.41, 5.74) is 1.89. The van der Waals surface area contributed by atoms with Crippen LogP contribution in [0.3, 0.4) is 0 Å². The van der Waals surface area contributed by atoms with Gasteiger partial charge in [-0.1, -0.05) is 36.4 Å². The lowest BCUT2D eigenvalue weighted by Gasteiger charge is -2.28. The van der Waals surface area contributed by atoms with Crippen LogP contribution in [0.5, 0.6) is 11.5 Å². The molecule has 0 fully saturated rings. The molecular weight excluding hydrogens is 328 g/mol. The molecule has 2 aromatic carbocycles. The molecule has 3 rings (SSSR count). The molecule has 26 heavy (non-hydrogen) atoms. The second-order valence-electron chi connectivity index (χ2n) is 6.84. The van der Waals surface area contributed by atoms with Gasteiger partial charge in [0.05, 0.1) is 30.3 Å². The van der Waals surface area contributed by atoms with E-state index < -0.39 is 5.60 Å². The molecule has 2 aromatic rings. The highest BCUT2D eigenvalue weighted by atomic mass is 16.5. The van der Waals surface area contributed by atoms with Crippen molar-refractivity contribution in [2.75, 3.05) is 14.2 Å². The largest absolute Gasteiger partial charge is 0.496 e. The van der Waals surface area contributed by atoms with Crippen molar-refractivity contribution in [2.24, 2.45) is 0 Å². The standard InChI is InChI=1S/C22H24O4/c1-22(2,25-4)13-12-17-19(24-3)11-10-16-18(23)14-20(26-21(16)17)15-8-6-5-7-9-15/h5-13,20H,14H2,1-4H3/t20-/m0/s1. The van der Waals surface area contributed by atoms with Crippen LogP contribution in [0.2, 0.25) is 0 Å². The second kappa shape index (κ2) is 7.34. The monoisotopic (exact) mass is 352 g/mol. The SMILES string of the molecule is COc1ccc2c(c1C=CC(C)(C)OC)O[C@H](c1ccccc1)CC2=O. The van der Waals surface area contributed by atoms with Gasteiger partial charge in [-0.2, -0.15) is 0 Å². The van der Waals surface area contributed by atoms with E-state index in [0.29, 0.717) is 23.5 Å². The summed E-state index contributed by atoms with van der Waals surface area (Å²) < 4.78 is 17.2. The highest BCUT2D eigenvalue weighted by Crippen LogP contribution is 2.42. The zero-order chi connectivity index (χ0) is 18.7. The minimum atomic E-state index is -0.439. The Hall–Kier alpha value is -2.59. The van der Waals surface area contributed by atoms with Crippen molar-refractivity contribution in [1.29, 1.82) is 0 Å². The van der Waals surface area contributed by atoms with Gasteiger partial charge in [-0.05, 0) is 37.6 Å². The van der Waals surface area contributed by atoms with E-state index in [4.69, 9.17) is 14.2 Å².